The van der Waals surface area contributed by atoms with Crippen LogP contribution in [0.4, 0.5) is 4.79 Å². The van der Waals surface area contributed by atoms with Crippen molar-refractivity contribution in [2.45, 2.75) is 65.1 Å². The fraction of sp³-hybridized carbons (Fsp3) is 0.452. The van der Waals surface area contributed by atoms with E-state index in [1.165, 1.54) is 4.90 Å². The number of fused-ring (bicyclic) bond motifs is 1. The molecule has 1 unspecified atom stereocenters. The molecule has 0 bridgehead atoms. The maximum atomic E-state index is 13.2. The van der Waals surface area contributed by atoms with Crippen LogP contribution in [0.3, 0.4) is 0 Å². The van der Waals surface area contributed by atoms with Gasteiger partial charge in [0.1, 0.15) is 11.4 Å². The Balaban J connectivity index is 1.41. The lowest BCUT2D eigenvalue weighted by Crippen LogP contribution is -2.35. The van der Waals surface area contributed by atoms with Crippen LogP contribution in [0, 0.1) is 6.92 Å². The van der Waals surface area contributed by atoms with E-state index in [2.05, 4.69) is 21.0 Å². The molecule has 4 aromatic rings. The quantitative estimate of drug-likeness (QED) is 0.294. The summed E-state index contributed by atoms with van der Waals surface area (Å²) in [6, 6.07) is 6.17. The topological polar surface area (TPSA) is 129 Å². The number of nitrogens with one attached hydrogen (secondary N) is 1. The molecule has 0 saturated carbocycles. The van der Waals surface area contributed by atoms with Crippen molar-refractivity contribution in [3.63, 3.8) is 0 Å². The predicted octanol–water partition coefficient (Wildman–Crippen LogP) is 5.62. The number of likely N-dealkylation sites (tertiary alicyclic amines) is 1. The SMILES string of the molecule is CCN(Cc1cncc(-c2ccc3c(c2)c(-c2ncc(C(=O)N4CCCCC4)[nH]2)nn3C2CCCCO2)c1C)C(=O)O. The summed E-state index contributed by atoms with van der Waals surface area (Å²) in [5, 5.41) is 15.4. The molecule has 2 aliphatic heterocycles. The summed E-state index contributed by atoms with van der Waals surface area (Å²) in [5.41, 5.74) is 5.73. The molecular weight excluding hydrogens is 534 g/mol. The molecule has 2 N–H and O–H groups in total. The highest BCUT2D eigenvalue weighted by Gasteiger charge is 2.25. The predicted molar refractivity (Wildman–Crippen MR) is 158 cm³/mol. The summed E-state index contributed by atoms with van der Waals surface area (Å²) in [7, 11) is 0. The number of benzene rings is 1. The first-order chi connectivity index (χ1) is 20.4. The van der Waals surface area contributed by atoms with Gasteiger partial charge in [0, 0.05) is 49.6 Å². The molecular formula is C31H37N7O4. The average molecular weight is 572 g/mol. The Morgan fingerprint density at radius 1 is 1.12 bits per heavy atom. The lowest BCUT2D eigenvalue weighted by atomic mass is 9.97. The number of ether oxygens (including phenoxy) is 1. The monoisotopic (exact) mass is 571 g/mol. The molecule has 3 aromatic heterocycles. The lowest BCUT2D eigenvalue weighted by Gasteiger charge is -2.25. The van der Waals surface area contributed by atoms with Crippen molar-refractivity contribution in [1.82, 2.24) is 34.5 Å². The molecule has 1 aromatic carbocycles. The van der Waals surface area contributed by atoms with Gasteiger partial charge in [0.05, 0.1) is 18.3 Å². The minimum absolute atomic E-state index is 0.0329. The molecule has 0 aliphatic carbocycles. The maximum absolute atomic E-state index is 13.2. The van der Waals surface area contributed by atoms with Gasteiger partial charge >= 0.3 is 6.09 Å². The molecule has 0 radical (unpaired) electrons. The maximum Gasteiger partial charge on any atom is 0.407 e. The van der Waals surface area contributed by atoms with Crippen molar-refractivity contribution in [1.29, 1.82) is 0 Å². The van der Waals surface area contributed by atoms with Gasteiger partial charge in [-0.15, -0.1) is 0 Å². The van der Waals surface area contributed by atoms with Crippen molar-refractivity contribution < 1.29 is 19.4 Å². The number of H-pyrrole nitrogens is 1. The Kier molecular flexibility index (Phi) is 7.92. The minimum Gasteiger partial charge on any atom is -0.465 e. The summed E-state index contributed by atoms with van der Waals surface area (Å²) < 4.78 is 8.05. The van der Waals surface area contributed by atoms with Crippen LogP contribution in [0.1, 0.15) is 73.3 Å². The zero-order chi connectivity index (χ0) is 29.2. The summed E-state index contributed by atoms with van der Waals surface area (Å²) in [6.07, 6.45) is 10.2. The number of amides is 2. The summed E-state index contributed by atoms with van der Waals surface area (Å²) >= 11 is 0. The van der Waals surface area contributed by atoms with Crippen LogP contribution in [-0.4, -0.2) is 77.9 Å². The number of carbonyl (C=O) groups excluding carboxylic acids is 1. The van der Waals surface area contributed by atoms with Gasteiger partial charge in [0.25, 0.3) is 5.91 Å². The van der Waals surface area contributed by atoms with Gasteiger partial charge in [-0.25, -0.2) is 14.5 Å². The fourth-order valence-corrected chi connectivity index (χ4v) is 5.98. The van der Waals surface area contributed by atoms with Gasteiger partial charge in [0.15, 0.2) is 12.1 Å². The first-order valence-corrected chi connectivity index (χ1v) is 14.8. The molecule has 42 heavy (non-hydrogen) atoms. The zero-order valence-corrected chi connectivity index (χ0v) is 24.2. The number of piperidine rings is 1. The molecule has 1 atom stereocenters. The van der Waals surface area contributed by atoms with Crippen LogP contribution in [0.2, 0.25) is 0 Å². The number of aromatic amines is 1. The normalized spacial score (nSPS) is 17.5. The lowest BCUT2D eigenvalue weighted by molar-refractivity contribution is -0.0365. The largest absolute Gasteiger partial charge is 0.465 e. The molecule has 11 heteroatoms. The van der Waals surface area contributed by atoms with Gasteiger partial charge in [0.2, 0.25) is 0 Å². The van der Waals surface area contributed by atoms with E-state index in [-0.39, 0.29) is 18.7 Å². The Labute approximate surface area is 244 Å². The van der Waals surface area contributed by atoms with E-state index in [1.54, 1.807) is 12.4 Å². The zero-order valence-electron chi connectivity index (χ0n) is 24.2. The highest BCUT2D eigenvalue weighted by Crippen LogP contribution is 2.35. The molecule has 2 saturated heterocycles. The number of hydrogen-bond acceptors (Lipinski definition) is 6. The highest BCUT2D eigenvalue weighted by molar-refractivity contribution is 5.97. The van der Waals surface area contributed by atoms with Crippen LogP contribution in [0.15, 0.2) is 36.8 Å². The molecule has 11 nitrogen and oxygen atoms in total. The van der Waals surface area contributed by atoms with Gasteiger partial charge in [-0.1, -0.05) is 6.07 Å². The van der Waals surface area contributed by atoms with Gasteiger partial charge < -0.3 is 24.6 Å². The van der Waals surface area contributed by atoms with Crippen molar-refractivity contribution in [3.05, 3.63) is 53.6 Å². The van der Waals surface area contributed by atoms with Crippen LogP contribution in [0.25, 0.3) is 33.5 Å². The summed E-state index contributed by atoms with van der Waals surface area (Å²) in [5.74, 6) is 0.505. The van der Waals surface area contributed by atoms with Crippen LogP contribution >= 0.6 is 0 Å². The van der Waals surface area contributed by atoms with E-state index in [0.717, 1.165) is 84.8 Å². The average Bonchev–Trinajstić information content (AvgIpc) is 3.66. The molecule has 6 rings (SSSR count). The van der Waals surface area contributed by atoms with Gasteiger partial charge in [-0.3, -0.25) is 9.78 Å². The van der Waals surface area contributed by atoms with E-state index in [1.807, 2.05) is 41.8 Å². The van der Waals surface area contributed by atoms with Crippen molar-refractivity contribution >= 4 is 22.9 Å². The number of hydrogen-bond donors (Lipinski definition) is 2. The number of carbonyl (C=O) groups is 2. The first-order valence-electron chi connectivity index (χ1n) is 14.8. The number of carboxylic acid groups (broad SMARTS) is 1. The van der Waals surface area contributed by atoms with E-state index >= 15 is 0 Å². The van der Waals surface area contributed by atoms with Crippen molar-refractivity contribution in [2.75, 3.05) is 26.2 Å². The summed E-state index contributed by atoms with van der Waals surface area (Å²) in [4.78, 5) is 40.4. The van der Waals surface area contributed by atoms with Crippen LogP contribution in [0.5, 0.6) is 0 Å². The third-order valence-corrected chi connectivity index (χ3v) is 8.45. The van der Waals surface area contributed by atoms with Crippen molar-refractivity contribution in [3.8, 4) is 22.6 Å². The molecule has 2 aliphatic rings. The molecule has 2 amide bonds. The Bertz CT molecular complexity index is 1600. The molecule has 5 heterocycles. The first kappa shape index (κ1) is 27.9. The Morgan fingerprint density at radius 2 is 1.95 bits per heavy atom. The van der Waals surface area contributed by atoms with E-state index in [4.69, 9.17) is 9.84 Å². The Morgan fingerprint density at radius 3 is 2.69 bits per heavy atom. The summed E-state index contributed by atoms with van der Waals surface area (Å²) in [6.45, 7) is 6.70. The third kappa shape index (κ3) is 5.36. The van der Waals surface area contributed by atoms with E-state index in [9.17, 15) is 14.7 Å². The standard InChI is InChI=1S/C31H37N7O4/c1-3-36(31(40)41)19-22-16-32-17-24(20(22)2)21-10-11-26-23(15-21)28(35-38(26)27-9-5-8-14-42-27)29-33-18-25(34-29)30(39)37-12-6-4-7-13-37/h10-11,15-18,27H,3-9,12-14,19H2,1-2H3,(H,33,34)(H,40,41). The minimum atomic E-state index is -0.956. The Hall–Kier alpha value is -4.25. The van der Waals surface area contributed by atoms with Gasteiger partial charge in [-0.05, 0) is 81.2 Å². The van der Waals surface area contributed by atoms with Gasteiger partial charge in [-0.2, -0.15) is 5.10 Å². The fourth-order valence-electron chi connectivity index (χ4n) is 5.98. The smallest absolute Gasteiger partial charge is 0.407 e. The van der Waals surface area contributed by atoms with E-state index in [0.29, 0.717) is 30.4 Å². The molecule has 0 spiro atoms. The molecule has 2 fully saturated rings. The second kappa shape index (κ2) is 11.9. The van der Waals surface area contributed by atoms with E-state index < -0.39 is 6.09 Å². The number of rotatable bonds is 7. The van der Waals surface area contributed by atoms with Crippen LogP contribution < -0.4 is 0 Å². The van der Waals surface area contributed by atoms with Crippen LogP contribution in [-0.2, 0) is 11.3 Å². The number of nitrogens with zero attached hydrogens (tertiary/aromatic N) is 6. The van der Waals surface area contributed by atoms with Crippen molar-refractivity contribution in [2.24, 2.45) is 0 Å². The third-order valence-electron chi connectivity index (χ3n) is 8.45. The number of pyridine rings is 1. The highest BCUT2D eigenvalue weighted by atomic mass is 16.5. The molecule has 220 valence electrons. The number of imidazole rings is 1. The number of aromatic nitrogens is 5. The second-order valence-corrected chi connectivity index (χ2v) is 11.1. The second-order valence-electron chi connectivity index (χ2n) is 11.1.